The first kappa shape index (κ1) is 11.6. The average Bonchev–Trinajstić information content (AvgIpc) is 2.78. The summed E-state index contributed by atoms with van der Waals surface area (Å²) in [5.41, 5.74) is 7.89. The first-order valence-corrected chi connectivity index (χ1v) is 5.79. The van der Waals surface area contributed by atoms with Crippen molar-refractivity contribution in [3.8, 4) is 11.3 Å². The Bertz CT molecular complexity index is 514. The molecule has 2 heterocycles. The second kappa shape index (κ2) is 4.20. The van der Waals surface area contributed by atoms with Crippen molar-refractivity contribution in [1.29, 1.82) is 0 Å². The van der Waals surface area contributed by atoms with Gasteiger partial charge in [-0.3, -0.25) is 0 Å². The highest BCUT2D eigenvalue weighted by Gasteiger charge is 2.20. The Balaban J connectivity index is 2.51. The van der Waals surface area contributed by atoms with Crippen molar-refractivity contribution in [2.24, 2.45) is 0 Å². The number of pyridine rings is 1. The van der Waals surface area contributed by atoms with Gasteiger partial charge in [0.05, 0.1) is 18.2 Å². The van der Waals surface area contributed by atoms with Gasteiger partial charge < -0.3 is 10.3 Å². The number of rotatable bonds is 3. The third kappa shape index (κ3) is 2.16. The molecule has 0 aromatic carbocycles. The Hall–Kier alpha value is -1.84. The van der Waals surface area contributed by atoms with Crippen molar-refractivity contribution in [2.45, 2.75) is 32.7 Å². The lowest BCUT2D eigenvalue weighted by Crippen LogP contribution is -2.25. The highest BCUT2D eigenvalue weighted by molar-refractivity contribution is 5.62. The van der Waals surface area contributed by atoms with E-state index in [9.17, 15) is 0 Å². The van der Waals surface area contributed by atoms with E-state index in [1.54, 1.807) is 6.20 Å². The van der Waals surface area contributed by atoms with Crippen LogP contribution in [0.5, 0.6) is 0 Å². The Morgan fingerprint density at radius 1 is 1.41 bits per heavy atom. The summed E-state index contributed by atoms with van der Waals surface area (Å²) in [5, 5.41) is 0. The maximum Gasteiger partial charge on any atom is 0.123 e. The number of hydrogen-bond donors (Lipinski definition) is 1. The summed E-state index contributed by atoms with van der Waals surface area (Å²) in [4.78, 5) is 8.25. The minimum absolute atomic E-state index is 0.0455. The smallest absolute Gasteiger partial charge is 0.123 e. The van der Waals surface area contributed by atoms with E-state index in [0.29, 0.717) is 5.82 Å². The topological polar surface area (TPSA) is 56.7 Å². The fourth-order valence-electron chi connectivity index (χ4n) is 1.77. The van der Waals surface area contributed by atoms with Gasteiger partial charge in [0, 0.05) is 17.3 Å². The standard InChI is InChI=1S/C13H18N4/c1-4-13(2,3)17-9-15-8-11(17)10-5-6-16-12(14)7-10/h5-9H,4H2,1-3H3,(H2,14,16). The van der Waals surface area contributed by atoms with Gasteiger partial charge in [-0.05, 0) is 32.4 Å². The maximum atomic E-state index is 5.72. The van der Waals surface area contributed by atoms with Crippen molar-refractivity contribution in [3.05, 3.63) is 30.9 Å². The molecule has 0 aliphatic heterocycles. The molecule has 0 radical (unpaired) electrons. The summed E-state index contributed by atoms with van der Waals surface area (Å²) in [5.74, 6) is 0.532. The van der Waals surface area contributed by atoms with Gasteiger partial charge in [0.2, 0.25) is 0 Å². The molecule has 0 aliphatic carbocycles. The Labute approximate surface area is 102 Å². The highest BCUT2D eigenvalue weighted by atomic mass is 15.1. The third-order valence-electron chi connectivity index (χ3n) is 3.23. The van der Waals surface area contributed by atoms with Crippen LogP contribution in [0.3, 0.4) is 0 Å². The van der Waals surface area contributed by atoms with Gasteiger partial charge in [-0.15, -0.1) is 0 Å². The molecule has 90 valence electrons. The van der Waals surface area contributed by atoms with Gasteiger partial charge in [0.15, 0.2) is 0 Å². The fraction of sp³-hybridized carbons (Fsp3) is 0.385. The van der Waals surface area contributed by atoms with Crippen molar-refractivity contribution >= 4 is 5.82 Å². The van der Waals surface area contributed by atoms with Crippen molar-refractivity contribution in [3.63, 3.8) is 0 Å². The van der Waals surface area contributed by atoms with Crippen LogP contribution in [-0.2, 0) is 5.54 Å². The zero-order valence-electron chi connectivity index (χ0n) is 10.5. The van der Waals surface area contributed by atoms with Crippen LogP contribution in [0.4, 0.5) is 5.82 Å². The molecule has 0 fully saturated rings. The van der Waals surface area contributed by atoms with E-state index >= 15 is 0 Å². The van der Waals surface area contributed by atoms with Crippen molar-refractivity contribution in [1.82, 2.24) is 14.5 Å². The van der Waals surface area contributed by atoms with Crippen LogP contribution in [0, 0.1) is 0 Å². The number of imidazole rings is 1. The summed E-state index contributed by atoms with van der Waals surface area (Å²) in [7, 11) is 0. The zero-order valence-corrected chi connectivity index (χ0v) is 10.5. The predicted molar refractivity (Wildman–Crippen MR) is 69.5 cm³/mol. The molecule has 0 saturated heterocycles. The lowest BCUT2D eigenvalue weighted by atomic mass is 10.0. The molecule has 2 aromatic rings. The Kier molecular flexibility index (Phi) is 2.88. The summed E-state index contributed by atoms with van der Waals surface area (Å²) >= 11 is 0. The van der Waals surface area contributed by atoms with E-state index in [1.807, 2.05) is 24.7 Å². The molecule has 17 heavy (non-hydrogen) atoms. The van der Waals surface area contributed by atoms with Gasteiger partial charge in [0.1, 0.15) is 5.82 Å². The van der Waals surface area contributed by atoms with Gasteiger partial charge in [0.25, 0.3) is 0 Å². The molecule has 2 rings (SSSR count). The molecule has 0 saturated carbocycles. The van der Waals surface area contributed by atoms with E-state index in [-0.39, 0.29) is 5.54 Å². The highest BCUT2D eigenvalue weighted by Crippen LogP contribution is 2.28. The van der Waals surface area contributed by atoms with E-state index in [4.69, 9.17) is 5.73 Å². The lowest BCUT2D eigenvalue weighted by Gasteiger charge is -2.27. The minimum atomic E-state index is 0.0455. The van der Waals surface area contributed by atoms with Gasteiger partial charge in [-0.1, -0.05) is 6.92 Å². The fourth-order valence-corrected chi connectivity index (χ4v) is 1.77. The second-order valence-electron chi connectivity index (χ2n) is 4.78. The van der Waals surface area contributed by atoms with Crippen molar-refractivity contribution < 1.29 is 0 Å². The van der Waals surface area contributed by atoms with Gasteiger partial charge in [-0.25, -0.2) is 9.97 Å². The number of anilines is 1. The summed E-state index contributed by atoms with van der Waals surface area (Å²) < 4.78 is 2.18. The van der Waals surface area contributed by atoms with E-state index in [2.05, 4.69) is 35.3 Å². The molecule has 0 amide bonds. The molecule has 0 aliphatic rings. The number of nitrogen functional groups attached to an aromatic ring is 1. The predicted octanol–water partition coefficient (Wildman–Crippen LogP) is 2.67. The molecule has 0 spiro atoms. The quantitative estimate of drug-likeness (QED) is 0.882. The molecule has 4 nitrogen and oxygen atoms in total. The third-order valence-corrected chi connectivity index (χ3v) is 3.23. The lowest BCUT2D eigenvalue weighted by molar-refractivity contribution is 0.345. The van der Waals surface area contributed by atoms with Crippen LogP contribution in [0.15, 0.2) is 30.9 Å². The number of hydrogen-bond acceptors (Lipinski definition) is 3. The Morgan fingerprint density at radius 3 is 2.82 bits per heavy atom. The Morgan fingerprint density at radius 2 is 2.18 bits per heavy atom. The molecule has 0 unspecified atom stereocenters. The van der Waals surface area contributed by atoms with Crippen LogP contribution in [0.25, 0.3) is 11.3 Å². The molecular formula is C13H18N4. The monoisotopic (exact) mass is 230 g/mol. The summed E-state index contributed by atoms with van der Waals surface area (Å²) in [6, 6.07) is 3.83. The number of aromatic nitrogens is 3. The molecule has 2 aromatic heterocycles. The van der Waals surface area contributed by atoms with Crippen LogP contribution in [0.2, 0.25) is 0 Å². The summed E-state index contributed by atoms with van der Waals surface area (Å²) in [6.07, 6.45) is 6.50. The van der Waals surface area contributed by atoms with Gasteiger partial charge in [-0.2, -0.15) is 0 Å². The van der Waals surface area contributed by atoms with E-state index in [0.717, 1.165) is 17.7 Å². The first-order chi connectivity index (χ1) is 8.04. The van der Waals surface area contributed by atoms with Crippen LogP contribution in [0.1, 0.15) is 27.2 Å². The molecule has 0 bridgehead atoms. The molecule has 2 N–H and O–H groups in total. The summed E-state index contributed by atoms with van der Waals surface area (Å²) in [6.45, 7) is 6.57. The van der Waals surface area contributed by atoms with E-state index < -0.39 is 0 Å². The van der Waals surface area contributed by atoms with Crippen molar-refractivity contribution in [2.75, 3.05) is 5.73 Å². The molecular weight excluding hydrogens is 212 g/mol. The van der Waals surface area contributed by atoms with E-state index in [1.165, 1.54) is 0 Å². The minimum Gasteiger partial charge on any atom is -0.384 e. The SMILES string of the molecule is CCC(C)(C)n1cncc1-c1ccnc(N)c1. The zero-order chi connectivity index (χ0) is 12.5. The average molecular weight is 230 g/mol. The first-order valence-electron chi connectivity index (χ1n) is 5.79. The van der Waals surface area contributed by atoms with Crippen LogP contribution in [-0.4, -0.2) is 14.5 Å². The largest absolute Gasteiger partial charge is 0.384 e. The number of nitrogens with two attached hydrogens (primary N) is 1. The van der Waals surface area contributed by atoms with Gasteiger partial charge >= 0.3 is 0 Å². The normalized spacial score (nSPS) is 11.7. The second-order valence-corrected chi connectivity index (χ2v) is 4.78. The number of nitrogens with zero attached hydrogens (tertiary/aromatic N) is 3. The molecule has 4 heteroatoms. The maximum absolute atomic E-state index is 5.72. The van der Waals surface area contributed by atoms with Crippen LogP contribution >= 0.6 is 0 Å². The molecule has 0 atom stereocenters. The van der Waals surface area contributed by atoms with Crippen LogP contribution < -0.4 is 5.73 Å².